The fourth-order valence-electron chi connectivity index (χ4n) is 2.34. The Kier molecular flexibility index (Phi) is 5.16. The Morgan fingerprint density at radius 2 is 1.58 bits per heavy atom. The second-order valence-electron chi connectivity index (χ2n) is 5.17. The summed E-state index contributed by atoms with van der Waals surface area (Å²) >= 11 is 0. The number of hydrogen-bond donors (Lipinski definition) is 1. The highest BCUT2D eigenvalue weighted by atomic mass is 19.4. The fourth-order valence-corrected chi connectivity index (χ4v) is 2.34. The van der Waals surface area contributed by atoms with Crippen LogP contribution in [0.5, 0.6) is 0 Å². The van der Waals surface area contributed by atoms with Crippen LogP contribution in [0.2, 0.25) is 0 Å². The van der Waals surface area contributed by atoms with E-state index in [4.69, 9.17) is 5.11 Å². The minimum Gasteiger partial charge on any atom is -0.415 e. The predicted octanol–water partition coefficient (Wildman–Crippen LogP) is 3.35. The molecule has 14 heteroatoms. The molecular weight excluding hydrogens is 398 g/mol. The number of halogens is 10. The summed E-state index contributed by atoms with van der Waals surface area (Å²) in [5, 5.41) is 9.08. The Balaban J connectivity index is 3.90. The molecule has 1 rings (SSSR count). The highest BCUT2D eigenvalue weighted by Crippen LogP contribution is 2.63. The van der Waals surface area contributed by atoms with Crippen LogP contribution in [0.3, 0.4) is 0 Å². The molecule has 0 aromatic carbocycles. The van der Waals surface area contributed by atoms with Crippen LogP contribution in [-0.2, 0) is 14.3 Å². The monoisotopic (exact) mass is 408 g/mol. The fraction of sp³-hybridized carbons (Fsp3) is 0.750. The standard InChI is InChI=1S/C12H10F10O4/c1-3-5(23)25-10(12(20,21)22)9(15,16)6(24)8(13,14)7(4-2,26-10)11(17,18)19/h3,6,24H,1,4H2,2H3. The van der Waals surface area contributed by atoms with Gasteiger partial charge in [-0.2, -0.15) is 43.9 Å². The van der Waals surface area contributed by atoms with E-state index in [1.54, 1.807) is 0 Å². The van der Waals surface area contributed by atoms with Crippen LogP contribution in [-0.4, -0.2) is 52.8 Å². The summed E-state index contributed by atoms with van der Waals surface area (Å²) < 4.78 is 142. The number of esters is 1. The number of carbonyl (C=O) groups excluding carboxylic acids is 1. The molecule has 26 heavy (non-hydrogen) atoms. The second kappa shape index (κ2) is 5.97. The van der Waals surface area contributed by atoms with Crippen molar-refractivity contribution in [1.82, 2.24) is 0 Å². The van der Waals surface area contributed by atoms with Crippen molar-refractivity contribution in [3.8, 4) is 0 Å². The van der Waals surface area contributed by atoms with E-state index in [0.29, 0.717) is 0 Å². The quantitative estimate of drug-likeness (QED) is 0.442. The molecule has 0 spiro atoms. The first-order valence-corrected chi connectivity index (χ1v) is 6.50. The molecular formula is C12H10F10O4. The van der Waals surface area contributed by atoms with E-state index in [2.05, 4.69) is 16.1 Å². The molecule has 1 heterocycles. The van der Waals surface area contributed by atoms with E-state index in [1.165, 1.54) is 0 Å². The summed E-state index contributed by atoms with van der Waals surface area (Å²) in [4.78, 5) is 11.0. The molecule has 0 aliphatic carbocycles. The van der Waals surface area contributed by atoms with Gasteiger partial charge in [0.1, 0.15) is 0 Å². The highest BCUT2D eigenvalue weighted by Gasteiger charge is 2.91. The van der Waals surface area contributed by atoms with Crippen LogP contribution in [0.15, 0.2) is 12.7 Å². The maximum Gasteiger partial charge on any atom is 0.462 e. The molecule has 0 aromatic rings. The van der Waals surface area contributed by atoms with Crippen molar-refractivity contribution in [1.29, 1.82) is 0 Å². The summed E-state index contributed by atoms with van der Waals surface area (Å²) in [5.74, 6) is -20.3. The summed E-state index contributed by atoms with van der Waals surface area (Å²) in [6.45, 7) is 2.82. The Hall–Kier alpha value is -1.57. The Labute approximate surface area is 138 Å². The summed E-state index contributed by atoms with van der Waals surface area (Å²) in [6, 6.07) is 0. The van der Waals surface area contributed by atoms with Crippen LogP contribution in [0.4, 0.5) is 43.9 Å². The minimum atomic E-state index is -6.65. The van der Waals surface area contributed by atoms with Crippen LogP contribution in [0.1, 0.15) is 13.3 Å². The average molecular weight is 408 g/mol. The lowest BCUT2D eigenvalue weighted by Crippen LogP contribution is -2.83. The molecule has 0 aromatic heterocycles. The molecule has 152 valence electrons. The van der Waals surface area contributed by atoms with Gasteiger partial charge in [0.15, 0.2) is 6.10 Å². The molecule has 1 aliphatic heterocycles. The normalized spacial score (nSPS) is 34.2. The number of carbonyl (C=O) groups is 1. The molecule has 1 aliphatic rings. The van der Waals surface area contributed by atoms with Crippen molar-refractivity contribution >= 4 is 5.97 Å². The maximum atomic E-state index is 14.0. The lowest BCUT2D eigenvalue weighted by molar-refractivity contribution is -0.538. The minimum absolute atomic E-state index is 0.146. The zero-order valence-corrected chi connectivity index (χ0v) is 12.5. The van der Waals surface area contributed by atoms with Crippen molar-refractivity contribution in [3.05, 3.63) is 12.7 Å². The van der Waals surface area contributed by atoms with Crippen LogP contribution in [0.25, 0.3) is 0 Å². The van der Waals surface area contributed by atoms with Gasteiger partial charge in [0.2, 0.25) is 5.60 Å². The van der Waals surface area contributed by atoms with Gasteiger partial charge in [-0.05, 0) is 6.42 Å². The Morgan fingerprint density at radius 1 is 1.12 bits per heavy atom. The summed E-state index contributed by atoms with van der Waals surface area (Å²) in [6.07, 6.45) is -20.1. The molecule has 4 nitrogen and oxygen atoms in total. The van der Waals surface area contributed by atoms with Gasteiger partial charge in [-0.25, -0.2) is 4.79 Å². The largest absolute Gasteiger partial charge is 0.462 e. The molecule has 0 amide bonds. The lowest BCUT2D eigenvalue weighted by atomic mass is 9.79. The number of hydrogen-bond acceptors (Lipinski definition) is 4. The number of ether oxygens (including phenoxy) is 2. The molecule has 3 atom stereocenters. The Bertz CT molecular complexity index is 584. The van der Waals surface area contributed by atoms with Crippen LogP contribution >= 0.6 is 0 Å². The highest BCUT2D eigenvalue weighted by molar-refractivity contribution is 5.81. The third-order valence-electron chi connectivity index (χ3n) is 3.72. The van der Waals surface area contributed by atoms with Crippen LogP contribution in [0, 0.1) is 0 Å². The number of alkyl halides is 10. The number of aliphatic hydroxyl groups is 1. The Morgan fingerprint density at radius 3 is 1.88 bits per heavy atom. The molecule has 0 radical (unpaired) electrons. The van der Waals surface area contributed by atoms with E-state index in [1.807, 2.05) is 0 Å². The van der Waals surface area contributed by atoms with Gasteiger partial charge in [-0.3, -0.25) is 0 Å². The molecule has 3 unspecified atom stereocenters. The molecule has 1 N–H and O–H groups in total. The van der Waals surface area contributed by atoms with Gasteiger partial charge in [-0.15, -0.1) is 0 Å². The van der Waals surface area contributed by atoms with Crippen molar-refractivity contribution < 1.29 is 63.3 Å². The van der Waals surface area contributed by atoms with Gasteiger partial charge in [0.25, 0.3) is 0 Å². The zero-order valence-electron chi connectivity index (χ0n) is 12.5. The van der Waals surface area contributed by atoms with E-state index < -0.39 is 54.1 Å². The number of aliphatic hydroxyl groups excluding tert-OH is 1. The molecule has 1 saturated heterocycles. The zero-order chi connectivity index (χ0) is 21.0. The van der Waals surface area contributed by atoms with Gasteiger partial charge < -0.3 is 14.6 Å². The third kappa shape index (κ3) is 2.64. The maximum absolute atomic E-state index is 14.0. The average Bonchev–Trinajstić information content (AvgIpc) is 2.46. The number of rotatable bonds is 3. The van der Waals surface area contributed by atoms with E-state index >= 15 is 0 Å². The van der Waals surface area contributed by atoms with Gasteiger partial charge in [-0.1, -0.05) is 13.5 Å². The van der Waals surface area contributed by atoms with E-state index in [0.717, 1.165) is 0 Å². The van der Waals surface area contributed by atoms with Crippen LogP contribution < -0.4 is 0 Å². The van der Waals surface area contributed by atoms with E-state index in [-0.39, 0.29) is 13.0 Å². The second-order valence-corrected chi connectivity index (χ2v) is 5.17. The topological polar surface area (TPSA) is 55.8 Å². The summed E-state index contributed by atoms with van der Waals surface area (Å²) in [5.41, 5.74) is -5.24. The molecule has 0 saturated carbocycles. The van der Waals surface area contributed by atoms with Gasteiger partial charge in [0, 0.05) is 6.08 Å². The first kappa shape index (κ1) is 22.5. The van der Waals surface area contributed by atoms with Crippen molar-refractivity contribution in [2.75, 3.05) is 0 Å². The van der Waals surface area contributed by atoms with Crippen molar-refractivity contribution in [2.45, 2.75) is 55.0 Å². The first-order valence-electron chi connectivity index (χ1n) is 6.50. The first-order chi connectivity index (χ1) is 11.4. The summed E-state index contributed by atoms with van der Waals surface area (Å²) in [7, 11) is 0. The van der Waals surface area contributed by atoms with Gasteiger partial charge in [0.05, 0.1) is 0 Å². The third-order valence-corrected chi connectivity index (χ3v) is 3.72. The van der Waals surface area contributed by atoms with Crippen molar-refractivity contribution in [2.24, 2.45) is 0 Å². The SMILES string of the molecule is C=CC(=O)OC1(C(F)(F)F)OC(CC)(C(F)(F)F)C(F)(F)C(O)C1(F)F. The van der Waals surface area contributed by atoms with Gasteiger partial charge >= 0.3 is 36.0 Å². The predicted molar refractivity (Wildman–Crippen MR) is 61.1 cm³/mol. The lowest BCUT2D eigenvalue weighted by Gasteiger charge is -2.55. The van der Waals surface area contributed by atoms with E-state index in [9.17, 15) is 48.7 Å². The molecule has 0 bridgehead atoms. The van der Waals surface area contributed by atoms with Crippen molar-refractivity contribution in [3.63, 3.8) is 0 Å². The smallest absolute Gasteiger partial charge is 0.415 e. The molecule has 1 fully saturated rings.